The van der Waals surface area contributed by atoms with Crippen molar-refractivity contribution in [3.8, 4) is 5.88 Å². The largest absolute Gasteiger partial charge is 0.467 e. The SMILES string of the molecule is Cc1ccnc(C2CC2C(=O)Nc2nncc(OC(C)c3cn4cc(C5CC5)cc(N5CC(=O)N(C)C5=O)c4n3)n2)n1. The minimum atomic E-state index is -0.549. The van der Waals surface area contributed by atoms with E-state index < -0.39 is 6.10 Å². The van der Waals surface area contributed by atoms with Crippen LogP contribution in [0, 0.1) is 12.8 Å². The van der Waals surface area contributed by atoms with Gasteiger partial charge in [-0.3, -0.25) is 24.7 Å². The summed E-state index contributed by atoms with van der Waals surface area (Å²) in [5, 5.41) is 10.6. The van der Waals surface area contributed by atoms with E-state index in [1.165, 1.54) is 18.1 Å². The van der Waals surface area contributed by atoms with Gasteiger partial charge in [0.1, 0.15) is 24.7 Å². The Morgan fingerprint density at radius 1 is 1.17 bits per heavy atom. The Bertz CT molecular complexity index is 1750. The van der Waals surface area contributed by atoms with Gasteiger partial charge >= 0.3 is 6.03 Å². The molecule has 14 heteroatoms. The number of nitrogens with zero attached hydrogens (tertiary/aromatic N) is 9. The first-order valence-corrected chi connectivity index (χ1v) is 13.8. The second-order valence-electron chi connectivity index (χ2n) is 11.0. The average Bonchev–Trinajstić information content (AvgIpc) is 3.90. The molecule has 42 heavy (non-hydrogen) atoms. The number of aryl methyl sites for hydroxylation is 1. The van der Waals surface area contributed by atoms with Gasteiger partial charge in [0.05, 0.1) is 11.4 Å². The fraction of sp³-hybridized carbons (Fsp3) is 0.393. The Hall–Kier alpha value is -5.01. The summed E-state index contributed by atoms with van der Waals surface area (Å²) < 4.78 is 7.92. The van der Waals surface area contributed by atoms with Crippen LogP contribution in [-0.4, -0.2) is 70.9 Å². The summed E-state index contributed by atoms with van der Waals surface area (Å²) in [6, 6.07) is 3.39. The Labute approximate surface area is 240 Å². The molecular weight excluding hydrogens is 540 g/mol. The van der Waals surface area contributed by atoms with E-state index in [0.29, 0.717) is 35.2 Å². The maximum Gasteiger partial charge on any atom is 0.331 e. The monoisotopic (exact) mass is 568 g/mol. The van der Waals surface area contributed by atoms with Gasteiger partial charge in [0.15, 0.2) is 5.65 Å². The van der Waals surface area contributed by atoms with E-state index in [1.807, 2.05) is 42.8 Å². The summed E-state index contributed by atoms with van der Waals surface area (Å²) in [5.74, 6) is 0.502. The summed E-state index contributed by atoms with van der Waals surface area (Å²) in [5.41, 5.74) is 3.68. The number of hydrogen-bond donors (Lipinski definition) is 1. The predicted octanol–water partition coefficient (Wildman–Crippen LogP) is 2.78. The molecule has 0 spiro atoms. The summed E-state index contributed by atoms with van der Waals surface area (Å²) in [4.78, 5) is 58.2. The van der Waals surface area contributed by atoms with E-state index in [1.54, 1.807) is 6.20 Å². The Morgan fingerprint density at radius 3 is 2.74 bits per heavy atom. The topological polar surface area (TPSA) is 161 Å². The first-order valence-electron chi connectivity index (χ1n) is 13.8. The quantitative estimate of drug-likeness (QED) is 0.313. The highest BCUT2D eigenvalue weighted by Gasteiger charge is 2.46. The van der Waals surface area contributed by atoms with Crippen LogP contribution in [0.4, 0.5) is 16.4 Å². The molecule has 2 saturated carbocycles. The number of nitrogens with one attached hydrogen (secondary N) is 1. The second kappa shape index (κ2) is 9.82. The van der Waals surface area contributed by atoms with Gasteiger partial charge in [-0.2, -0.15) is 4.98 Å². The molecule has 214 valence electrons. The van der Waals surface area contributed by atoms with E-state index in [-0.39, 0.29) is 48.1 Å². The van der Waals surface area contributed by atoms with Crippen molar-refractivity contribution in [1.29, 1.82) is 0 Å². The number of imidazole rings is 1. The standard InChI is InChI=1S/C28H28N10O4/c1-14-6-7-29-24(31-14)18-9-19(18)26(40)34-27-33-22(10-30-35-27)42-15(2)20-12-37-11-17(16-4-5-16)8-21(25(37)32-20)38-13-23(39)36(3)28(38)41/h6-8,10-12,15-16,18-19H,4-5,9,13H2,1-3H3,(H,33,34,35,40). The molecule has 2 aliphatic carbocycles. The van der Waals surface area contributed by atoms with Crippen LogP contribution in [0.25, 0.3) is 5.65 Å². The third-order valence-corrected chi connectivity index (χ3v) is 7.85. The van der Waals surface area contributed by atoms with Crippen LogP contribution in [0.3, 0.4) is 0 Å². The fourth-order valence-corrected chi connectivity index (χ4v) is 5.20. The van der Waals surface area contributed by atoms with E-state index in [4.69, 9.17) is 9.72 Å². The van der Waals surface area contributed by atoms with Crippen LogP contribution in [0.1, 0.15) is 66.9 Å². The van der Waals surface area contributed by atoms with Crippen LogP contribution >= 0.6 is 0 Å². The smallest absolute Gasteiger partial charge is 0.331 e. The number of likely N-dealkylation sites (N-methyl/N-ethyl adjacent to an activating group) is 1. The van der Waals surface area contributed by atoms with Crippen molar-refractivity contribution < 1.29 is 19.1 Å². The van der Waals surface area contributed by atoms with Gasteiger partial charge in [-0.25, -0.2) is 19.7 Å². The predicted molar refractivity (Wildman–Crippen MR) is 148 cm³/mol. The number of anilines is 2. The van der Waals surface area contributed by atoms with Crippen molar-refractivity contribution in [1.82, 2.24) is 39.4 Å². The molecule has 7 rings (SSSR count). The lowest BCUT2D eigenvalue weighted by molar-refractivity contribution is -0.124. The number of ether oxygens (including phenoxy) is 1. The van der Waals surface area contributed by atoms with E-state index in [0.717, 1.165) is 29.0 Å². The van der Waals surface area contributed by atoms with Crippen molar-refractivity contribution in [2.75, 3.05) is 23.8 Å². The molecule has 5 heterocycles. The zero-order chi connectivity index (χ0) is 29.1. The molecule has 3 unspecified atom stereocenters. The number of imide groups is 1. The lowest BCUT2D eigenvalue weighted by Gasteiger charge is -2.17. The number of aromatic nitrogens is 7. The molecule has 4 aromatic heterocycles. The Kier molecular flexibility index (Phi) is 6.06. The molecule has 0 radical (unpaired) electrons. The van der Waals surface area contributed by atoms with Gasteiger partial charge in [-0.05, 0) is 56.7 Å². The van der Waals surface area contributed by atoms with Gasteiger partial charge in [-0.15, -0.1) is 10.2 Å². The number of amides is 4. The molecule has 0 aromatic carbocycles. The molecule has 14 nitrogen and oxygen atoms in total. The van der Waals surface area contributed by atoms with Crippen molar-refractivity contribution in [3.63, 3.8) is 0 Å². The third-order valence-electron chi connectivity index (χ3n) is 7.85. The van der Waals surface area contributed by atoms with Gasteiger partial charge in [0.25, 0.3) is 5.95 Å². The number of carbonyl (C=O) groups is 3. The molecule has 4 amide bonds. The highest BCUT2D eigenvalue weighted by Crippen LogP contribution is 2.46. The number of hydrogen-bond acceptors (Lipinski definition) is 10. The molecule has 1 aliphatic heterocycles. The Morgan fingerprint density at radius 2 is 2.00 bits per heavy atom. The molecule has 1 N–H and O–H groups in total. The maximum absolute atomic E-state index is 12.8. The van der Waals surface area contributed by atoms with Gasteiger partial charge in [-0.1, -0.05) is 0 Å². The first kappa shape index (κ1) is 25.9. The van der Waals surface area contributed by atoms with Crippen LogP contribution in [0.2, 0.25) is 0 Å². The molecule has 4 aromatic rings. The van der Waals surface area contributed by atoms with Gasteiger partial charge < -0.3 is 9.14 Å². The summed E-state index contributed by atoms with van der Waals surface area (Å²) >= 11 is 0. The second-order valence-corrected chi connectivity index (χ2v) is 11.0. The fourth-order valence-electron chi connectivity index (χ4n) is 5.20. The van der Waals surface area contributed by atoms with Gasteiger partial charge in [0, 0.05) is 43.2 Å². The van der Waals surface area contributed by atoms with Crippen molar-refractivity contribution in [2.24, 2.45) is 5.92 Å². The molecular formula is C28H28N10O4. The normalized spacial score (nSPS) is 20.7. The summed E-state index contributed by atoms with van der Waals surface area (Å²) in [6.07, 6.45) is 9.19. The van der Waals surface area contributed by atoms with Crippen molar-refractivity contribution in [3.05, 3.63) is 59.7 Å². The van der Waals surface area contributed by atoms with E-state index >= 15 is 0 Å². The van der Waals surface area contributed by atoms with E-state index in [9.17, 15) is 14.4 Å². The zero-order valence-corrected chi connectivity index (χ0v) is 23.3. The third kappa shape index (κ3) is 4.78. The molecule has 3 atom stereocenters. The summed E-state index contributed by atoms with van der Waals surface area (Å²) in [6.45, 7) is 3.67. The lowest BCUT2D eigenvalue weighted by atomic mass is 10.1. The highest BCUT2D eigenvalue weighted by molar-refractivity contribution is 6.13. The number of pyridine rings is 1. The van der Waals surface area contributed by atoms with Crippen molar-refractivity contribution in [2.45, 2.75) is 51.0 Å². The van der Waals surface area contributed by atoms with Crippen LogP contribution in [0.5, 0.6) is 5.88 Å². The van der Waals surface area contributed by atoms with Crippen LogP contribution in [-0.2, 0) is 9.59 Å². The maximum atomic E-state index is 12.8. The van der Waals surface area contributed by atoms with E-state index in [2.05, 4.69) is 30.5 Å². The van der Waals surface area contributed by atoms with Crippen molar-refractivity contribution >= 4 is 35.1 Å². The molecule has 0 bridgehead atoms. The number of rotatable bonds is 8. The zero-order valence-electron chi connectivity index (χ0n) is 23.3. The molecule has 1 saturated heterocycles. The number of urea groups is 1. The average molecular weight is 569 g/mol. The molecule has 3 fully saturated rings. The lowest BCUT2D eigenvalue weighted by Crippen LogP contribution is -2.30. The molecule has 3 aliphatic rings. The minimum Gasteiger partial charge on any atom is -0.467 e. The first-order chi connectivity index (χ1) is 20.2. The number of carbonyl (C=O) groups excluding carboxylic acids is 3. The highest BCUT2D eigenvalue weighted by atomic mass is 16.5. The summed E-state index contributed by atoms with van der Waals surface area (Å²) in [7, 11) is 1.48. The Balaban J connectivity index is 1.08. The van der Waals surface area contributed by atoms with Gasteiger partial charge in [0.2, 0.25) is 17.7 Å². The number of fused-ring (bicyclic) bond motifs is 1. The van der Waals surface area contributed by atoms with Crippen LogP contribution < -0.4 is 15.0 Å². The van der Waals surface area contributed by atoms with Crippen LogP contribution in [0.15, 0.2) is 36.9 Å². The minimum absolute atomic E-state index is 0.0337.